The first-order valence-electron chi connectivity index (χ1n) is 19.1. The van der Waals surface area contributed by atoms with Crippen LogP contribution in [0.25, 0.3) is 122 Å². The Labute approximate surface area is 327 Å². The summed E-state index contributed by atoms with van der Waals surface area (Å²) in [5.41, 5.74) is 13.3. The van der Waals surface area contributed by atoms with Crippen molar-refractivity contribution in [3.63, 3.8) is 0 Å². The summed E-state index contributed by atoms with van der Waals surface area (Å²) in [5, 5.41) is 6.68. The smallest absolute Gasteiger partial charge is 0.183 e. The van der Waals surface area contributed by atoms with E-state index < -0.39 is 0 Å². The molecule has 264 valence electrons. The summed E-state index contributed by atoms with van der Waals surface area (Å²) in [6.45, 7) is 0. The van der Waals surface area contributed by atoms with Gasteiger partial charge >= 0.3 is 0 Å². The number of aromatic nitrogens is 4. The van der Waals surface area contributed by atoms with Gasteiger partial charge in [0.1, 0.15) is 16.9 Å². The van der Waals surface area contributed by atoms with E-state index in [-0.39, 0.29) is 0 Å². The largest absolute Gasteiger partial charge is 0.455 e. The molecule has 12 rings (SSSR count). The molecule has 0 saturated heterocycles. The predicted molar refractivity (Wildman–Crippen MR) is 232 cm³/mol. The van der Waals surface area contributed by atoms with Gasteiger partial charge in [-0.05, 0) is 66.6 Å². The Bertz CT molecular complexity index is 3370. The van der Waals surface area contributed by atoms with E-state index >= 15 is 0 Å². The van der Waals surface area contributed by atoms with Crippen LogP contribution in [0, 0.1) is 0 Å². The van der Waals surface area contributed by atoms with Gasteiger partial charge < -0.3 is 4.42 Å². The Balaban J connectivity index is 1.05. The molecule has 8 aromatic carbocycles. The normalized spacial score (nSPS) is 11.9. The quantitative estimate of drug-likeness (QED) is 0.177. The standard InChI is InChI=1S/C52H30N4O/c1-2-13-33(14-3-1)50-54-51(34-26-24-32(25-27-34)36-20-10-15-31-12-4-5-16-35(31)36)56-52(55-50)48-47-43-19-8-9-23-45(43)57-49(47)44(30-53-48)39-28-29-42-38-18-7-6-17-37(38)40-21-11-22-41(39)46(40)42/h1-30H. The number of para-hydroxylation sites is 1. The molecule has 0 saturated carbocycles. The molecule has 5 heteroatoms. The summed E-state index contributed by atoms with van der Waals surface area (Å²) in [6.07, 6.45) is 1.93. The SMILES string of the molecule is c1ccc(-c2nc(-c3ccc(-c4cccc5ccccc45)cc3)nc(-c3ncc(-c4ccc5c6c(cccc46)-c4ccccc4-5)c4oc5ccccc5c34)n2)cc1. The summed E-state index contributed by atoms with van der Waals surface area (Å²) < 4.78 is 6.79. The van der Waals surface area contributed by atoms with Crippen LogP contribution in [-0.4, -0.2) is 19.9 Å². The van der Waals surface area contributed by atoms with E-state index in [1.165, 1.54) is 49.4 Å². The third kappa shape index (κ3) is 4.89. The van der Waals surface area contributed by atoms with Gasteiger partial charge in [0.2, 0.25) is 0 Å². The molecule has 0 amide bonds. The molecule has 57 heavy (non-hydrogen) atoms. The number of benzene rings is 8. The van der Waals surface area contributed by atoms with E-state index in [1.807, 2.05) is 54.7 Å². The monoisotopic (exact) mass is 726 g/mol. The maximum atomic E-state index is 6.79. The molecule has 1 aliphatic carbocycles. The van der Waals surface area contributed by atoms with Crippen molar-refractivity contribution in [2.24, 2.45) is 0 Å². The van der Waals surface area contributed by atoms with E-state index in [0.29, 0.717) is 23.2 Å². The van der Waals surface area contributed by atoms with Crippen molar-refractivity contribution in [3.05, 3.63) is 182 Å². The van der Waals surface area contributed by atoms with Gasteiger partial charge in [-0.15, -0.1) is 0 Å². The van der Waals surface area contributed by atoms with Crippen LogP contribution in [0.2, 0.25) is 0 Å². The van der Waals surface area contributed by atoms with Crippen LogP contribution >= 0.6 is 0 Å². The minimum Gasteiger partial charge on any atom is -0.455 e. The molecule has 0 aliphatic heterocycles. The molecule has 0 fully saturated rings. The van der Waals surface area contributed by atoms with E-state index in [2.05, 4.69) is 127 Å². The number of hydrogen-bond acceptors (Lipinski definition) is 5. The number of nitrogens with zero attached hydrogens (tertiary/aromatic N) is 4. The van der Waals surface area contributed by atoms with Gasteiger partial charge in [-0.25, -0.2) is 15.0 Å². The molecule has 3 heterocycles. The molecule has 0 N–H and O–H groups in total. The Morgan fingerprint density at radius 3 is 1.72 bits per heavy atom. The molecule has 0 unspecified atom stereocenters. The molecule has 1 aliphatic rings. The van der Waals surface area contributed by atoms with Crippen molar-refractivity contribution in [3.8, 4) is 78.8 Å². The van der Waals surface area contributed by atoms with Gasteiger partial charge in [0, 0.05) is 28.3 Å². The summed E-state index contributed by atoms with van der Waals surface area (Å²) in [7, 11) is 0. The first kappa shape index (κ1) is 31.6. The van der Waals surface area contributed by atoms with Gasteiger partial charge in [-0.2, -0.15) is 0 Å². The zero-order chi connectivity index (χ0) is 37.5. The molecule has 0 atom stereocenters. The van der Waals surface area contributed by atoms with Crippen molar-refractivity contribution in [1.29, 1.82) is 0 Å². The third-order valence-electron chi connectivity index (χ3n) is 11.4. The number of pyridine rings is 1. The van der Waals surface area contributed by atoms with Crippen LogP contribution in [0.1, 0.15) is 0 Å². The fourth-order valence-electron chi connectivity index (χ4n) is 8.73. The van der Waals surface area contributed by atoms with Gasteiger partial charge in [0.05, 0.1) is 5.39 Å². The second-order valence-electron chi connectivity index (χ2n) is 14.5. The molecule has 3 aromatic heterocycles. The van der Waals surface area contributed by atoms with Crippen LogP contribution in [0.4, 0.5) is 0 Å². The summed E-state index contributed by atoms with van der Waals surface area (Å²) >= 11 is 0. The second-order valence-corrected chi connectivity index (χ2v) is 14.5. The predicted octanol–water partition coefficient (Wildman–Crippen LogP) is 13.5. The van der Waals surface area contributed by atoms with Crippen molar-refractivity contribution in [2.45, 2.75) is 0 Å². The zero-order valence-corrected chi connectivity index (χ0v) is 30.5. The van der Waals surface area contributed by atoms with Crippen molar-refractivity contribution in [2.75, 3.05) is 0 Å². The summed E-state index contributed by atoms with van der Waals surface area (Å²) in [5.74, 6) is 1.63. The Kier molecular flexibility index (Phi) is 6.86. The van der Waals surface area contributed by atoms with Crippen molar-refractivity contribution >= 4 is 43.5 Å². The fourth-order valence-corrected chi connectivity index (χ4v) is 8.73. The van der Waals surface area contributed by atoms with Crippen LogP contribution in [0.5, 0.6) is 0 Å². The lowest BCUT2D eigenvalue weighted by atomic mass is 9.94. The van der Waals surface area contributed by atoms with E-state index in [0.717, 1.165) is 49.8 Å². The summed E-state index contributed by atoms with van der Waals surface area (Å²) in [6, 6.07) is 61.3. The Morgan fingerprint density at radius 1 is 0.333 bits per heavy atom. The minimum atomic E-state index is 0.482. The van der Waals surface area contributed by atoms with Gasteiger partial charge in [-0.3, -0.25) is 4.98 Å². The number of fused-ring (bicyclic) bond motifs is 7. The number of hydrogen-bond donors (Lipinski definition) is 0. The molecule has 0 radical (unpaired) electrons. The topological polar surface area (TPSA) is 64.7 Å². The first-order valence-corrected chi connectivity index (χ1v) is 19.1. The molecule has 11 aromatic rings. The lowest BCUT2D eigenvalue weighted by Gasteiger charge is -2.12. The van der Waals surface area contributed by atoms with Crippen LogP contribution < -0.4 is 0 Å². The highest BCUT2D eigenvalue weighted by molar-refractivity contribution is 6.21. The Morgan fingerprint density at radius 2 is 0.895 bits per heavy atom. The van der Waals surface area contributed by atoms with E-state index in [4.69, 9.17) is 24.4 Å². The fraction of sp³-hybridized carbons (Fsp3) is 0. The van der Waals surface area contributed by atoms with E-state index in [1.54, 1.807) is 0 Å². The molecule has 5 nitrogen and oxygen atoms in total. The molecular weight excluding hydrogens is 697 g/mol. The lowest BCUT2D eigenvalue weighted by Crippen LogP contribution is -2.02. The molecule has 0 spiro atoms. The average Bonchev–Trinajstić information content (AvgIpc) is 3.84. The first-order chi connectivity index (χ1) is 28.3. The van der Waals surface area contributed by atoms with Gasteiger partial charge in [0.15, 0.2) is 17.5 Å². The van der Waals surface area contributed by atoms with E-state index in [9.17, 15) is 0 Å². The summed E-state index contributed by atoms with van der Waals surface area (Å²) in [4.78, 5) is 20.6. The second kappa shape index (κ2) is 12.4. The van der Waals surface area contributed by atoms with Gasteiger partial charge in [0.25, 0.3) is 0 Å². The van der Waals surface area contributed by atoms with Crippen LogP contribution in [-0.2, 0) is 0 Å². The van der Waals surface area contributed by atoms with Gasteiger partial charge in [-0.1, -0.05) is 170 Å². The maximum absolute atomic E-state index is 6.79. The zero-order valence-electron chi connectivity index (χ0n) is 30.5. The number of furan rings is 1. The highest BCUT2D eigenvalue weighted by Crippen LogP contribution is 2.50. The average molecular weight is 727 g/mol. The van der Waals surface area contributed by atoms with Crippen LogP contribution in [0.15, 0.2) is 187 Å². The highest BCUT2D eigenvalue weighted by Gasteiger charge is 2.26. The van der Waals surface area contributed by atoms with Crippen LogP contribution in [0.3, 0.4) is 0 Å². The molecule has 0 bridgehead atoms. The number of rotatable bonds is 5. The lowest BCUT2D eigenvalue weighted by molar-refractivity contribution is 0.669. The maximum Gasteiger partial charge on any atom is 0.183 e. The highest BCUT2D eigenvalue weighted by atomic mass is 16.3. The molecular formula is C52H30N4O. The van der Waals surface area contributed by atoms with Crippen molar-refractivity contribution < 1.29 is 4.42 Å². The minimum absolute atomic E-state index is 0.482. The Hall–Kier alpha value is -7.76. The third-order valence-corrected chi connectivity index (χ3v) is 11.4. The van der Waals surface area contributed by atoms with Crippen molar-refractivity contribution in [1.82, 2.24) is 19.9 Å².